The van der Waals surface area contributed by atoms with E-state index in [-0.39, 0.29) is 12.5 Å². The van der Waals surface area contributed by atoms with Gasteiger partial charge in [0.15, 0.2) is 0 Å². The van der Waals surface area contributed by atoms with Gasteiger partial charge >= 0.3 is 6.03 Å². The summed E-state index contributed by atoms with van der Waals surface area (Å²) in [5, 5.41) is 3.62. The van der Waals surface area contributed by atoms with Crippen LogP contribution in [-0.4, -0.2) is 22.9 Å². The first-order valence-corrected chi connectivity index (χ1v) is 8.40. The molecule has 0 unspecified atom stereocenters. The smallest absolute Gasteiger partial charge is 0.325 e. The van der Waals surface area contributed by atoms with Gasteiger partial charge in [-0.15, -0.1) is 0 Å². The number of hydrogen-bond donors (Lipinski definition) is 1. The maximum Gasteiger partial charge on any atom is 0.325 e. The Hall–Kier alpha value is -2.04. The number of rotatable bonds is 5. The van der Waals surface area contributed by atoms with Gasteiger partial charge in [0.2, 0.25) is 0 Å². The standard InChI is InChI=1S/C18H16Cl2N2O2/c19-14-7-4-8-15(20)13(14)11-22-17(23)16(21-18(22)24)10-9-12-5-2-1-3-6-12/h1-8,16H,9-11H2,(H,21,24)/t16-/m1/s1. The Morgan fingerprint density at radius 3 is 2.29 bits per heavy atom. The van der Waals surface area contributed by atoms with Crippen molar-refractivity contribution in [2.24, 2.45) is 0 Å². The van der Waals surface area contributed by atoms with Crippen molar-refractivity contribution in [2.75, 3.05) is 0 Å². The number of urea groups is 1. The number of benzene rings is 2. The fourth-order valence-corrected chi connectivity index (χ4v) is 3.24. The number of imide groups is 1. The second kappa shape index (κ2) is 7.24. The molecule has 2 aromatic carbocycles. The first kappa shape index (κ1) is 16.8. The zero-order valence-electron chi connectivity index (χ0n) is 12.8. The quantitative estimate of drug-likeness (QED) is 0.815. The van der Waals surface area contributed by atoms with Crippen LogP contribution in [0.3, 0.4) is 0 Å². The van der Waals surface area contributed by atoms with E-state index in [1.807, 2.05) is 30.3 Å². The minimum atomic E-state index is -0.515. The third kappa shape index (κ3) is 3.55. The molecule has 3 rings (SSSR count). The average Bonchev–Trinajstić information content (AvgIpc) is 2.84. The molecule has 2 aromatic rings. The molecule has 1 heterocycles. The summed E-state index contributed by atoms with van der Waals surface area (Å²) in [6.07, 6.45) is 1.28. The van der Waals surface area contributed by atoms with Gasteiger partial charge in [0.05, 0.1) is 6.54 Å². The van der Waals surface area contributed by atoms with Gasteiger partial charge in [-0.1, -0.05) is 59.6 Å². The van der Waals surface area contributed by atoms with Gasteiger partial charge in [-0.2, -0.15) is 0 Å². The molecule has 3 amide bonds. The van der Waals surface area contributed by atoms with Crippen molar-refractivity contribution < 1.29 is 9.59 Å². The van der Waals surface area contributed by atoms with Crippen molar-refractivity contribution in [3.63, 3.8) is 0 Å². The molecule has 1 N–H and O–H groups in total. The zero-order chi connectivity index (χ0) is 17.1. The van der Waals surface area contributed by atoms with E-state index in [0.29, 0.717) is 22.0 Å². The highest BCUT2D eigenvalue weighted by atomic mass is 35.5. The van der Waals surface area contributed by atoms with Crippen LogP contribution in [0.4, 0.5) is 4.79 Å². The molecule has 124 valence electrons. The number of nitrogens with one attached hydrogen (secondary N) is 1. The van der Waals surface area contributed by atoms with Crippen LogP contribution in [-0.2, 0) is 17.8 Å². The lowest BCUT2D eigenvalue weighted by Gasteiger charge is -2.15. The zero-order valence-corrected chi connectivity index (χ0v) is 14.3. The number of aryl methyl sites for hydroxylation is 1. The molecule has 0 aromatic heterocycles. The number of hydrogen-bond acceptors (Lipinski definition) is 2. The van der Waals surface area contributed by atoms with Gasteiger partial charge in [0.25, 0.3) is 5.91 Å². The Kier molecular flexibility index (Phi) is 5.07. The topological polar surface area (TPSA) is 49.4 Å². The molecule has 1 atom stereocenters. The van der Waals surface area contributed by atoms with Crippen molar-refractivity contribution in [1.29, 1.82) is 0 Å². The number of carbonyl (C=O) groups is 2. The second-order valence-corrected chi connectivity index (χ2v) is 6.47. The van der Waals surface area contributed by atoms with Gasteiger partial charge in [-0.3, -0.25) is 9.69 Å². The van der Waals surface area contributed by atoms with Crippen molar-refractivity contribution in [3.8, 4) is 0 Å². The van der Waals surface area contributed by atoms with Crippen molar-refractivity contribution >= 4 is 35.1 Å². The molecule has 6 heteroatoms. The molecular formula is C18H16Cl2N2O2. The Balaban J connectivity index is 1.68. The summed E-state index contributed by atoms with van der Waals surface area (Å²) in [5.41, 5.74) is 1.71. The van der Waals surface area contributed by atoms with Crippen LogP contribution in [0.5, 0.6) is 0 Å². The van der Waals surface area contributed by atoms with E-state index in [1.54, 1.807) is 18.2 Å². The van der Waals surface area contributed by atoms with Crippen LogP contribution in [0.15, 0.2) is 48.5 Å². The molecule has 0 bridgehead atoms. The molecule has 1 aliphatic heterocycles. The minimum absolute atomic E-state index is 0.0744. The Morgan fingerprint density at radius 1 is 0.958 bits per heavy atom. The van der Waals surface area contributed by atoms with Gasteiger partial charge in [-0.05, 0) is 30.5 Å². The molecule has 1 fully saturated rings. The molecule has 4 nitrogen and oxygen atoms in total. The lowest BCUT2D eigenvalue weighted by molar-refractivity contribution is -0.128. The maximum atomic E-state index is 12.5. The van der Waals surface area contributed by atoms with E-state index in [1.165, 1.54) is 4.90 Å². The predicted molar refractivity (Wildman–Crippen MR) is 94.1 cm³/mol. The monoisotopic (exact) mass is 362 g/mol. The molecular weight excluding hydrogens is 347 g/mol. The molecule has 1 aliphatic rings. The van der Waals surface area contributed by atoms with Crippen LogP contribution in [0, 0.1) is 0 Å². The third-order valence-electron chi connectivity index (χ3n) is 4.05. The highest BCUT2D eigenvalue weighted by Crippen LogP contribution is 2.27. The molecule has 1 saturated heterocycles. The highest BCUT2D eigenvalue weighted by Gasteiger charge is 2.38. The van der Waals surface area contributed by atoms with E-state index in [0.717, 1.165) is 12.0 Å². The van der Waals surface area contributed by atoms with Crippen LogP contribution < -0.4 is 5.32 Å². The summed E-state index contributed by atoms with van der Waals surface area (Å²) in [7, 11) is 0. The molecule has 0 aliphatic carbocycles. The molecule has 0 spiro atoms. The summed E-state index contributed by atoms with van der Waals surface area (Å²) >= 11 is 12.3. The van der Waals surface area contributed by atoms with Gasteiger partial charge < -0.3 is 5.32 Å². The fraction of sp³-hybridized carbons (Fsp3) is 0.222. The lowest BCUT2D eigenvalue weighted by Crippen LogP contribution is -2.31. The van der Waals surface area contributed by atoms with E-state index in [9.17, 15) is 9.59 Å². The highest BCUT2D eigenvalue weighted by molar-refractivity contribution is 6.36. The summed E-state index contributed by atoms with van der Waals surface area (Å²) < 4.78 is 0. The Morgan fingerprint density at radius 2 is 1.62 bits per heavy atom. The third-order valence-corrected chi connectivity index (χ3v) is 4.76. The predicted octanol–water partition coefficient (Wildman–Crippen LogP) is 4.05. The van der Waals surface area contributed by atoms with E-state index in [4.69, 9.17) is 23.2 Å². The first-order chi connectivity index (χ1) is 11.6. The van der Waals surface area contributed by atoms with Crippen LogP contribution in [0.25, 0.3) is 0 Å². The number of nitrogens with zero attached hydrogens (tertiary/aromatic N) is 1. The number of halogens is 2. The Bertz CT molecular complexity index is 745. The number of carbonyl (C=O) groups excluding carboxylic acids is 2. The van der Waals surface area contributed by atoms with E-state index >= 15 is 0 Å². The van der Waals surface area contributed by atoms with E-state index in [2.05, 4.69) is 5.32 Å². The van der Waals surface area contributed by atoms with Gasteiger partial charge in [0, 0.05) is 15.6 Å². The molecule has 0 radical (unpaired) electrons. The van der Waals surface area contributed by atoms with Gasteiger partial charge in [0.1, 0.15) is 6.04 Å². The van der Waals surface area contributed by atoms with Crippen LogP contribution >= 0.6 is 23.2 Å². The van der Waals surface area contributed by atoms with Crippen LogP contribution in [0.1, 0.15) is 17.5 Å². The van der Waals surface area contributed by atoms with Crippen molar-refractivity contribution in [1.82, 2.24) is 10.2 Å². The normalized spacial score (nSPS) is 17.2. The second-order valence-electron chi connectivity index (χ2n) is 5.65. The first-order valence-electron chi connectivity index (χ1n) is 7.65. The fourth-order valence-electron chi connectivity index (χ4n) is 2.72. The minimum Gasteiger partial charge on any atom is -0.326 e. The SMILES string of the molecule is O=C1N[C@H](CCc2ccccc2)C(=O)N1Cc1c(Cl)cccc1Cl. The number of amides is 3. The molecule has 24 heavy (non-hydrogen) atoms. The lowest BCUT2D eigenvalue weighted by atomic mass is 10.1. The van der Waals surface area contributed by atoms with Crippen molar-refractivity contribution in [2.45, 2.75) is 25.4 Å². The summed E-state index contributed by atoms with van der Waals surface area (Å²) in [6, 6.07) is 14.0. The largest absolute Gasteiger partial charge is 0.326 e. The maximum absolute atomic E-state index is 12.5. The average molecular weight is 363 g/mol. The Labute approximate surface area is 150 Å². The van der Waals surface area contributed by atoms with Crippen LogP contribution in [0.2, 0.25) is 10.0 Å². The van der Waals surface area contributed by atoms with Gasteiger partial charge in [-0.25, -0.2) is 4.79 Å². The van der Waals surface area contributed by atoms with Crippen molar-refractivity contribution in [3.05, 3.63) is 69.7 Å². The summed E-state index contributed by atoms with van der Waals surface area (Å²) in [6.45, 7) is 0.0744. The summed E-state index contributed by atoms with van der Waals surface area (Å²) in [4.78, 5) is 25.8. The summed E-state index contributed by atoms with van der Waals surface area (Å²) in [5.74, 6) is -0.244. The van der Waals surface area contributed by atoms with E-state index < -0.39 is 12.1 Å². The molecule has 0 saturated carbocycles.